The Morgan fingerprint density at radius 3 is 2.44 bits per heavy atom. The van der Waals surface area contributed by atoms with Gasteiger partial charge in [0.25, 0.3) is 5.91 Å². The number of rotatable bonds is 4. The second-order valence-electron chi connectivity index (χ2n) is 9.38. The Morgan fingerprint density at radius 2 is 1.82 bits per heavy atom. The molecular weight excluding hydrogens is 464 g/mol. The van der Waals surface area contributed by atoms with Crippen LogP contribution in [0.5, 0.6) is 0 Å². The number of hydrogen-bond acceptors (Lipinski definition) is 5. The van der Waals surface area contributed by atoms with Crippen molar-refractivity contribution in [1.82, 2.24) is 14.5 Å². The first-order valence-corrected chi connectivity index (χ1v) is 11.1. The van der Waals surface area contributed by atoms with Gasteiger partial charge in [-0.2, -0.15) is 0 Å². The number of nitrogens with one attached hydrogen (secondary N) is 1. The number of imidazole rings is 1. The number of nitrogens with two attached hydrogens (primary N) is 1. The lowest BCUT2D eigenvalue weighted by atomic mass is 9.82. The first-order valence-electron chi connectivity index (χ1n) is 10.8. The number of aromatic nitrogens is 2. The molecule has 7 nitrogen and oxygen atoms in total. The predicted molar refractivity (Wildman–Crippen MR) is 126 cm³/mol. The Morgan fingerprint density at radius 1 is 1.15 bits per heavy atom. The fourth-order valence-electron chi connectivity index (χ4n) is 3.71. The summed E-state index contributed by atoms with van der Waals surface area (Å²) in [4.78, 5) is 19.2. The van der Waals surface area contributed by atoms with Crippen LogP contribution in [0, 0.1) is 17.0 Å². The second kappa shape index (κ2) is 8.65. The molecule has 0 unspecified atom stereocenters. The molecular formula is C24H26ClF2N5O2. The summed E-state index contributed by atoms with van der Waals surface area (Å²) in [5, 5.41) is 13.9. The third-order valence-electron chi connectivity index (χ3n) is 6.03. The van der Waals surface area contributed by atoms with Gasteiger partial charge in [0, 0.05) is 29.8 Å². The number of amides is 1. The van der Waals surface area contributed by atoms with Crippen molar-refractivity contribution in [3.05, 3.63) is 64.9 Å². The molecule has 0 bridgehead atoms. The van der Waals surface area contributed by atoms with Gasteiger partial charge in [0.05, 0.1) is 11.6 Å². The monoisotopic (exact) mass is 489 g/mol. The Kier molecular flexibility index (Phi) is 6.14. The number of carbonyl (C=O) groups excluding carboxylic acids is 1. The smallest absolute Gasteiger partial charge is 0.270 e. The van der Waals surface area contributed by atoms with Crippen molar-refractivity contribution < 1.29 is 18.7 Å². The minimum Gasteiger partial charge on any atom is -0.367 e. The van der Waals surface area contributed by atoms with Gasteiger partial charge in [-0.1, -0.05) is 32.4 Å². The van der Waals surface area contributed by atoms with Crippen LogP contribution in [0.1, 0.15) is 26.6 Å². The maximum Gasteiger partial charge on any atom is 0.270 e. The fourth-order valence-corrected chi connectivity index (χ4v) is 3.83. The van der Waals surface area contributed by atoms with E-state index in [0.29, 0.717) is 35.1 Å². The van der Waals surface area contributed by atoms with Crippen molar-refractivity contribution in [1.29, 1.82) is 0 Å². The molecule has 1 amide bonds. The average molecular weight is 490 g/mol. The Hall–Kier alpha value is -3.01. The number of hydrogen-bond donors (Lipinski definition) is 3. The first-order chi connectivity index (χ1) is 15.9. The van der Waals surface area contributed by atoms with E-state index in [2.05, 4.69) is 5.32 Å². The van der Waals surface area contributed by atoms with Gasteiger partial charge < -0.3 is 19.9 Å². The normalized spacial score (nSPS) is 15.6. The van der Waals surface area contributed by atoms with Crippen LogP contribution in [-0.2, 0) is 17.9 Å². The van der Waals surface area contributed by atoms with Crippen LogP contribution in [-0.4, -0.2) is 37.7 Å². The molecule has 180 valence electrons. The van der Waals surface area contributed by atoms with Gasteiger partial charge in [0.15, 0.2) is 5.72 Å². The van der Waals surface area contributed by atoms with Gasteiger partial charge in [-0.3, -0.25) is 10.5 Å². The van der Waals surface area contributed by atoms with E-state index in [1.165, 1.54) is 29.2 Å². The Bertz CT molecular complexity index is 1240. The number of halogens is 3. The fraction of sp³-hybridized carbons (Fsp3) is 0.333. The molecule has 10 heteroatoms. The standard InChI is InChI=1S/C24H26ClF2N5O2/c1-23(2,3)24(28,34)22(33)31-10-11-32-19(13-31)30-20(14-4-6-15(26)7-5-14)21(32)29-16-8-9-17(25)18(27)12-16/h4-9,12,29,34H,10-11,13,28H2,1-3H3/t24-/m1/s1. The molecule has 4 N–H and O–H groups in total. The zero-order chi connectivity index (χ0) is 24.8. The summed E-state index contributed by atoms with van der Waals surface area (Å²) >= 11 is 5.81. The summed E-state index contributed by atoms with van der Waals surface area (Å²) in [6.07, 6.45) is 0. The summed E-state index contributed by atoms with van der Waals surface area (Å²) < 4.78 is 29.5. The van der Waals surface area contributed by atoms with Gasteiger partial charge in [-0.15, -0.1) is 0 Å². The average Bonchev–Trinajstić information content (AvgIpc) is 3.13. The largest absolute Gasteiger partial charge is 0.367 e. The van der Waals surface area contributed by atoms with Crippen LogP contribution < -0.4 is 11.1 Å². The van der Waals surface area contributed by atoms with Gasteiger partial charge >= 0.3 is 0 Å². The number of anilines is 2. The molecule has 0 saturated carbocycles. The van der Waals surface area contributed by atoms with E-state index in [4.69, 9.17) is 22.3 Å². The highest BCUT2D eigenvalue weighted by atomic mass is 35.5. The van der Waals surface area contributed by atoms with E-state index >= 15 is 0 Å². The predicted octanol–water partition coefficient (Wildman–Crippen LogP) is 4.26. The summed E-state index contributed by atoms with van der Waals surface area (Å²) in [5.74, 6) is -0.445. The van der Waals surface area contributed by atoms with Crippen molar-refractivity contribution in [2.75, 3.05) is 11.9 Å². The minimum absolute atomic E-state index is 0.00175. The Balaban J connectivity index is 1.73. The molecule has 0 aliphatic carbocycles. The SMILES string of the molecule is CC(C)(C)[C@](N)(O)C(=O)N1CCn2c(nc(-c3ccc(F)cc3)c2Nc2ccc(Cl)c(F)c2)C1. The van der Waals surface area contributed by atoms with Gasteiger partial charge in [-0.05, 0) is 42.5 Å². The van der Waals surface area contributed by atoms with Gasteiger partial charge in [0.1, 0.15) is 29.0 Å². The van der Waals surface area contributed by atoms with Crippen LogP contribution in [0.3, 0.4) is 0 Å². The molecule has 3 aromatic rings. The van der Waals surface area contributed by atoms with Crippen LogP contribution in [0.25, 0.3) is 11.3 Å². The van der Waals surface area contributed by atoms with Crippen molar-refractivity contribution in [3.63, 3.8) is 0 Å². The minimum atomic E-state index is -2.05. The van der Waals surface area contributed by atoms with E-state index in [1.807, 2.05) is 4.57 Å². The number of carbonyl (C=O) groups is 1. The summed E-state index contributed by atoms with van der Waals surface area (Å²) in [5.41, 5.74) is 4.68. The molecule has 2 aromatic carbocycles. The van der Waals surface area contributed by atoms with Gasteiger partial charge in [-0.25, -0.2) is 13.8 Å². The topological polar surface area (TPSA) is 96.4 Å². The molecule has 0 fully saturated rings. The summed E-state index contributed by atoms with van der Waals surface area (Å²) in [6.45, 7) is 5.82. The maximum absolute atomic E-state index is 14.0. The Labute approximate surface area is 201 Å². The van der Waals surface area contributed by atoms with E-state index < -0.39 is 22.9 Å². The van der Waals surface area contributed by atoms with Gasteiger partial charge in [0.2, 0.25) is 0 Å². The second-order valence-corrected chi connectivity index (χ2v) is 9.79. The molecule has 2 heterocycles. The molecule has 0 saturated heterocycles. The highest BCUT2D eigenvalue weighted by molar-refractivity contribution is 6.30. The highest BCUT2D eigenvalue weighted by Crippen LogP contribution is 2.35. The van der Waals surface area contributed by atoms with E-state index in [9.17, 15) is 18.7 Å². The molecule has 1 aromatic heterocycles. The molecule has 1 aliphatic heterocycles. The van der Waals surface area contributed by atoms with E-state index in [1.54, 1.807) is 39.0 Å². The zero-order valence-electron chi connectivity index (χ0n) is 19.1. The van der Waals surface area contributed by atoms with Crippen LogP contribution in [0.2, 0.25) is 5.02 Å². The third-order valence-corrected chi connectivity index (χ3v) is 6.34. The maximum atomic E-state index is 14.0. The van der Waals surface area contributed by atoms with Crippen molar-refractivity contribution in [2.24, 2.45) is 11.1 Å². The number of fused-ring (bicyclic) bond motifs is 1. The molecule has 4 rings (SSSR count). The van der Waals surface area contributed by atoms with Crippen molar-refractivity contribution in [3.8, 4) is 11.3 Å². The van der Waals surface area contributed by atoms with Crippen molar-refractivity contribution in [2.45, 2.75) is 39.6 Å². The lowest BCUT2D eigenvalue weighted by Crippen LogP contribution is -2.63. The lowest BCUT2D eigenvalue weighted by Gasteiger charge is -2.40. The zero-order valence-corrected chi connectivity index (χ0v) is 19.8. The first kappa shape index (κ1) is 24.1. The van der Waals surface area contributed by atoms with E-state index in [-0.39, 0.29) is 23.9 Å². The van der Waals surface area contributed by atoms with Crippen LogP contribution in [0.15, 0.2) is 42.5 Å². The molecule has 1 atom stereocenters. The van der Waals surface area contributed by atoms with Crippen LogP contribution in [0.4, 0.5) is 20.3 Å². The molecule has 0 radical (unpaired) electrons. The molecule has 34 heavy (non-hydrogen) atoms. The quantitative estimate of drug-likeness (QED) is 0.476. The number of benzene rings is 2. The van der Waals surface area contributed by atoms with E-state index in [0.717, 1.165) is 0 Å². The summed E-state index contributed by atoms with van der Waals surface area (Å²) in [7, 11) is 0. The number of aliphatic hydroxyl groups is 1. The number of nitrogens with zero attached hydrogens (tertiary/aromatic N) is 3. The summed E-state index contributed by atoms with van der Waals surface area (Å²) in [6, 6.07) is 10.2. The lowest BCUT2D eigenvalue weighted by molar-refractivity contribution is -0.164. The molecule has 0 spiro atoms. The third kappa shape index (κ3) is 4.38. The van der Waals surface area contributed by atoms with Crippen molar-refractivity contribution >= 4 is 29.0 Å². The molecule has 1 aliphatic rings. The van der Waals surface area contributed by atoms with Crippen LogP contribution >= 0.6 is 11.6 Å². The highest BCUT2D eigenvalue weighted by Gasteiger charge is 2.46.